The molecule has 0 aliphatic heterocycles. The van der Waals surface area contributed by atoms with Crippen LogP contribution in [-0.2, 0) is 5.75 Å². The van der Waals surface area contributed by atoms with Gasteiger partial charge in [0.15, 0.2) is 5.58 Å². The molecular formula is C15H10FNO3S. The zero-order valence-electron chi connectivity index (χ0n) is 10.7. The third-order valence-corrected chi connectivity index (χ3v) is 3.80. The van der Waals surface area contributed by atoms with E-state index in [1.165, 1.54) is 23.9 Å². The molecule has 0 atom stereocenters. The predicted molar refractivity (Wildman–Crippen MR) is 76.9 cm³/mol. The quantitative estimate of drug-likeness (QED) is 0.739. The summed E-state index contributed by atoms with van der Waals surface area (Å²) in [5, 5.41) is 9.52. The van der Waals surface area contributed by atoms with Crippen molar-refractivity contribution in [3.05, 3.63) is 59.4 Å². The average Bonchev–Trinajstić information content (AvgIpc) is 2.87. The molecule has 0 fully saturated rings. The molecule has 0 saturated heterocycles. The molecule has 0 amide bonds. The average molecular weight is 303 g/mol. The van der Waals surface area contributed by atoms with Crippen molar-refractivity contribution in [2.75, 3.05) is 0 Å². The number of aromatic carboxylic acids is 1. The summed E-state index contributed by atoms with van der Waals surface area (Å²) >= 11 is 1.23. The molecule has 21 heavy (non-hydrogen) atoms. The second-order valence-electron chi connectivity index (χ2n) is 4.34. The van der Waals surface area contributed by atoms with Gasteiger partial charge in [0.2, 0.25) is 0 Å². The molecule has 106 valence electrons. The van der Waals surface area contributed by atoms with E-state index in [2.05, 4.69) is 4.98 Å². The monoisotopic (exact) mass is 303 g/mol. The Morgan fingerprint density at radius 3 is 2.86 bits per heavy atom. The molecule has 0 bridgehead atoms. The van der Waals surface area contributed by atoms with Gasteiger partial charge in [0.05, 0.1) is 5.56 Å². The molecule has 0 unspecified atom stereocenters. The normalized spacial score (nSPS) is 10.9. The molecule has 3 aromatic rings. The number of hydrogen-bond acceptors (Lipinski definition) is 4. The van der Waals surface area contributed by atoms with Crippen LogP contribution in [0.15, 0.2) is 52.1 Å². The summed E-state index contributed by atoms with van der Waals surface area (Å²) in [6, 6.07) is 11.0. The van der Waals surface area contributed by atoms with Gasteiger partial charge < -0.3 is 9.52 Å². The Morgan fingerprint density at radius 1 is 1.29 bits per heavy atom. The smallest absolute Gasteiger partial charge is 0.335 e. The molecule has 0 radical (unpaired) electrons. The molecule has 0 saturated carbocycles. The highest BCUT2D eigenvalue weighted by molar-refractivity contribution is 7.98. The van der Waals surface area contributed by atoms with Crippen LogP contribution in [0, 0.1) is 5.82 Å². The fourth-order valence-corrected chi connectivity index (χ4v) is 2.77. The van der Waals surface area contributed by atoms with Gasteiger partial charge in [-0.2, -0.15) is 0 Å². The van der Waals surface area contributed by atoms with E-state index in [0.29, 0.717) is 16.4 Å². The highest BCUT2D eigenvalue weighted by Crippen LogP contribution is 2.27. The number of para-hydroxylation sites is 2. The second-order valence-corrected chi connectivity index (χ2v) is 5.27. The SMILES string of the molecule is O=C(O)c1ccc(F)cc1CSc1nc2ccccc2o1. The highest BCUT2D eigenvalue weighted by Gasteiger charge is 2.13. The van der Waals surface area contributed by atoms with Crippen molar-refractivity contribution in [2.24, 2.45) is 0 Å². The van der Waals surface area contributed by atoms with Crippen molar-refractivity contribution >= 4 is 28.8 Å². The van der Waals surface area contributed by atoms with Gasteiger partial charge >= 0.3 is 5.97 Å². The van der Waals surface area contributed by atoms with Crippen molar-refractivity contribution in [2.45, 2.75) is 11.0 Å². The van der Waals surface area contributed by atoms with E-state index in [4.69, 9.17) is 9.52 Å². The van der Waals surface area contributed by atoms with Gasteiger partial charge in [-0.3, -0.25) is 0 Å². The van der Waals surface area contributed by atoms with Gasteiger partial charge in [0.1, 0.15) is 11.3 Å². The Kier molecular flexibility index (Phi) is 3.62. The number of rotatable bonds is 4. The lowest BCUT2D eigenvalue weighted by molar-refractivity contribution is 0.0696. The minimum absolute atomic E-state index is 0.0833. The van der Waals surface area contributed by atoms with Crippen LogP contribution in [0.25, 0.3) is 11.1 Å². The van der Waals surface area contributed by atoms with Crippen molar-refractivity contribution in [3.8, 4) is 0 Å². The zero-order valence-corrected chi connectivity index (χ0v) is 11.6. The number of hydrogen-bond donors (Lipinski definition) is 1. The molecular weight excluding hydrogens is 293 g/mol. The topological polar surface area (TPSA) is 63.3 Å². The fourth-order valence-electron chi connectivity index (χ4n) is 1.94. The predicted octanol–water partition coefficient (Wildman–Crippen LogP) is 3.96. The summed E-state index contributed by atoms with van der Waals surface area (Å²) in [7, 11) is 0. The molecule has 1 N–H and O–H groups in total. The number of nitrogens with zero attached hydrogens (tertiary/aromatic N) is 1. The molecule has 6 heteroatoms. The molecule has 1 heterocycles. The number of carbonyl (C=O) groups is 1. The Bertz CT molecular complexity index is 783. The van der Waals surface area contributed by atoms with Gasteiger partial charge in [-0.15, -0.1) is 0 Å². The van der Waals surface area contributed by atoms with Crippen LogP contribution in [0.4, 0.5) is 4.39 Å². The largest absolute Gasteiger partial charge is 0.478 e. The van der Waals surface area contributed by atoms with E-state index >= 15 is 0 Å². The summed E-state index contributed by atoms with van der Waals surface area (Å²) in [5.74, 6) is -1.28. The lowest BCUT2D eigenvalue weighted by Gasteiger charge is -2.04. The number of carboxylic acid groups (broad SMARTS) is 1. The highest BCUT2D eigenvalue weighted by atomic mass is 32.2. The molecule has 1 aromatic heterocycles. The Morgan fingerprint density at radius 2 is 2.10 bits per heavy atom. The minimum Gasteiger partial charge on any atom is -0.478 e. The number of benzene rings is 2. The molecule has 2 aromatic carbocycles. The van der Waals surface area contributed by atoms with Gasteiger partial charge in [0.25, 0.3) is 5.22 Å². The van der Waals surface area contributed by atoms with E-state index in [1.807, 2.05) is 18.2 Å². The van der Waals surface area contributed by atoms with Crippen LogP contribution in [0.1, 0.15) is 15.9 Å². The number of halogens is 1. The maximum Gasteiger partial charge on any atom is 0.335 e. The van der Waals surface area contributed by atoms with Crippen molar-refractivity contribution in [3.63, 3.8) is 0 Å². The number of fused-ring (bicyclic) bond motifs is 1. The molecule has 0 aliphatic carbocycles. The van der Waals surface area contributed by atoms with Gasteiger partial charge in [0, 0.05) is 5.75 Å². The van der Waals surface area contributed by atoms with Crippen molar-refractivity contribution in [1.82, 2.24) is 4.98 Å². The molecule has 3 rings (SSSR count). The van der Waals surface area contributed by atoms with E-state index in [0.717, 1.165) is 11.6 Å². The van der Waals surface area contributed by atoms with Crippen LogP contribution in [0.5, 0.6) is 0 Å². The first kappa shape index (κ1) is 13.6. The van der Waals surface area contributed by atoms with Gasteiger partial charge in [-0.25, -0.2) is 14.2 Å². The van der Waals surface area contributed by atoms with Crippen LogP contribution >= 0.6 is 11.8 Å². The first-order valence-electron chi connectivity index (χ1n) is 6.13. The third-order valence-electron chi connectivity index (χ3n) is 2.92. The second kappa shape index (κ2) is 5.57. The zero-order chi connectivity index (χ0) is 14.8. The van der Waals surface area contributed by atoms with E-state index in [-0.39, 0.29) is 11.3 Å². The van der Waals surface area contributed by atoms with Crippen LogP contribution in [0.2, 0.25) is 0 Å². The Hall–Kier alpha value is -2.34. The van der Waals surface area contributed by atoms with E-state index in [9.17, 15) is 9.18 Å². The summed E-state index contributed by atoms with van der Waals surface area (Å²) in [5.41, 5.74) is 1.88. The summed E-state index contributed by atoms with van der Waals surface area (Å²) in [4.78, 5) is 15.4. The van der Waals surface area contributed by atoms with Crippen molar-refractivity contribution < 1.29 is 18.7 Å². The standard InChI is InChI=1S/C15H10FNO3S/c16-10-5-6-11(14(18)19)9(7-10)8-21-15-17-12-3-1-2-4-13(12)20-15/h1-7H,8H2,(H,18,19). The number of oxazole rings is 1. The maximum absolute atomic E-state index is 13.3. The number of thioether (sulfide) groups is 1. The van der Waals surface area contributed by atoms with E-state index in [1.54, 1.807) is 6.07 Å². The minimum atomic E-state index is -1.08. The number of carboxylic acids is 1. The Balaban J connectivity index is 1.84. The Labute approximate surface area is 123 Å². The molecule has 4 nitrogen and oxygen atoms in total. The lowest BCUT2D eigenvalue weighted by atomic mass is 10.1. The molecule has 0 spiro atoms. The summed E-state index contributed by atoms with van der Waals surface area (Å²) in [6.07, 6.45) is 0. The van der Waals surface area contributed by atoms with Crippen LogP contribution in [0.3, 0.4) is 0 Å². The maximum atomic E-state index is 13.3. The van der Waals surface area contributed by atoms with Crippen LogP contribution < -0.4 is 0 Å². The fraction of sp³-hybridized carbons (Fsp3) is 0.0667. The summed E-state index contributed by atoms with van der Waals surface area (Å²) in [6.45, 7) is 0. The van der Waals surface area contributed by atoms with Gasteiger partial charge in [-0.1, -0.05) is 23.9 Å². The summed E-state index contributed by atoms with van der Waals surface area (Å²) < 4.78 is 18.8. The lowest BCUT2D eigenvalue weighted by Crippen LogP contribution is -2.02. The van der Waals surface area contributed by atoms with Crippen molar-refractivity contribution in [1.29, 1.82) is 0 Å². The first-order chi connectivity index (χ1) is 10.1. The van der Waals surface area contributed by atoms with Gasteiger partial charge in [-0.05, 0) is 35.9 Å². The first-order valence-corrected chi connectivity index (χ1v) is 7.12. The third kappa shape index (κ3) is 2.90. The van der Waals surface area contributed by atoms with Crippen LogP contribution in [-0.4, -0.2) is 16.1 Å². The molecule has 0 aliphatic rings. The van der Waals surface area contributed by atoms with E-state index < -0.39 is 11.8 Å². The number of aromatic nitrogens is 1.